The summed E-state index contributed by atoms with van der Waals surface area (Å²) in [7, 11) is 1.68. The van der Waals surface area contributed by atoms with E-state index in [4.69, 9.17) is 10.6 Å². The molecule has 5 heteroatoms. The average Bonchev–Trinajstić information content (AvgIpc) is 2.93. The first-order valence-corrected chi connectivity index (χ1v) is 8.34. The smallest absolute Gasteiger partial charge is 0.161 e. The van der Waals surface area contributed by atoms with E-state index in [0.717, 1.165) is 24.4 Å². The summed E-state index contributed by atoms with van der Waals surface area (Å²) in [6.07, 6.45) is 11.9. The Labute approximate surface area is 129 Å². The Bertz CT molecular complexity index is 357. The summed E-state index contributed by atoms with van der Waals surface area (Å²) in [5, 5.41) is 4.35. The van der Waals surface area contributed by atoms with E-state index in [1.54, 1.807) is 13.3 Å². The number of nitrogens with two attached hydrogens (primary N) is 1. The van der Waals surface area contributed by atoms with Gasteiger partial charge in [0, 0.05) is 6.54 Å². The minimum absolute atomic E-state index is 0.109. The third-order valence-corrected chi connectivity index (χ3v) is 3.99. The van der Waals surface area contributed by atoms with Crippen LogP contribution in [0.2, 0.25) is 0 Å². The Morgan fingerprint density at radius 2 is 1.86 bits per heavy atom. The summed E-state index contributed by atoms with van der Waals surface area (Å²) in [6.45, 7) is 5.16. The van der Waals surface area contributed by atoms with Crippen molar-refractivity contribution in [2.75, 3.05) is 7.11 Å². The van der Waals surface area contributed by atoms with Crippen molar-refractivity contribution in [2.24, 2.45) is 5.84 Å². The van der Waals surface area contributed by atoms with Gasteiger partial charge in [0.1, 0.15) is 0 Å². The molecule has 0 aliphatic heterocycles. The van der Waals surface area contributed by atoms with Crippen molar-refractivity contribution >= 4 is 0 Å². The third-order valence-electron chi connectivity index (χ3n) is 3.99. The number of ether oxygens (including phenoxy) is 1. The van der Waals surface area contributed by atoms with Crippen molar-refractivity contribution < 1.29 is 4.74 Å². The van der Waals surface area contributed by atoms with Gasteiger partial charge in [0.25, 0.3) is 0 Å². The van der Waals surface area contributed by atoms with Crippen LogP contribution in [0.15, 0.2) is 6.20 Å². The van der Waals surface area contributed by atoms with Crippen molar-refractivity contribution in [2.45, 2.75) is 77.8 Å². The van der Waals surface area contributed by atoms with E-state index < -0.39 is 0 Å². The van der Waals surface area contributed by atoms with Crippen LogP contribution in [0.3, 0.4) is 0 Å². The Kier molecular flexibility index (Phi) is 9.10. The maximum Gasteiger partial charge on any atom is 0.161 e. The van der Waals surface area contributed by atoms with Crippen molar-refractivity contribution in [3.05, 3.63) is 11.9 Å². The molecule has 3 N–H and O–H groups in total. The third kappa shape index (κ3) is 5.67. The van der Waals surface area contributed by atoms with Gasteiger partial charge in [0.05, 0.1) is 25.0 Å². The zero-order valence-electron chi connectivity index (χ0n) is 13.9. The van der Waals surface area contributed by atoms with Crippen molar-refractivity contribution in [3.63, 3.8) is 0 Å². The number of rotatable bonds is 12. The highest BCUT2D eigenvalue weighted by molar-refractivity contribution is 5.28. The second-order valence-corrected chi connectivity index (χ2v) is 5.54. The molecule has 21 heavy (non-hydrogen) atoms. The molecule has 0 fully saturated rings. The number of aromatic nitrogens is 2. The van der Waals surface area contributed by atoms with Crippen LogP contribution in [-0.4, -0.2) is 16.9 Å². The van der Waals surface area contributed by atoms with Crippen LogP contribution in [0.5, 0.6) is 5.75 Å². The molecule has 0 amide bonds. The molecule has 0 aliphatic carbocycles. The van der Waals surface area contributed by atoms with Crippen LogP contribution in [-0.2, 0) is 6.54 Å². The number of nitrogens with one attached hydrogen (secondary N) is 1. The van der Waals surface area contributed by atoms with E-state index in [9.17, 15) is 0 Å². The van der Waals surface area contributed by atoms with Gasteiger partial charge in [-0.05, 0) is 13.3 Å². The van der Waals surface area contributed by atoms with E-state index in [2.05, 4.69) is 24.4 Å². The van der Waals surface area contributed by atoms with E-state index in [0.29, 0.717) is 0 Å². The molecule has 1 aromatic rings. The number of hydrogen-bond acceptors (Lipinski definition) is 4. The lowest BCUT2D eigenvalue weighted by atomic mass is 10.0. The molecule has 1 aromatic heterocycles. The van der Waals surface area contributed by atoms with Gasteiger partial charge in [-0.2, -0.15) is 5.10 Å². The number of hydrazine groups is 1. The summed E-state index contributed by atoms with van der Waals surface area (Å²) < 4.78 is 7.37. The molecule has 1 unspecified atom stereocenters. The first-order chi connectivity index (χ1) is 10.3. The normalized spacial score (nSPS) is 12.6. The molecule has 5 nitrogen and oxygen atoms in total. The van der Waals surface area contributed by atoms with Crippen LogP contribution in [0.4, 0.5) is 0 Å². The van der Waals surface area contributed by atoms with E-state index in [1.165, 1.54) is 44.9 Å². The maximum atomic E-state index is 5.74. The fraction of sp³-hybridized carbons (Fsp3) is 0.812. The van der Waals surface area contributed by atoms with Gasteiger partial charge in [0.2, 0.25) is 0 Å². The van der Waals surface area contributed by atoms with Crippen LogP contribution < -0.4 is 16.0 Å². The Hall–Kier alpha value is -1.07. The molecule has 0 spiro atoms. The molecule has 122 valence electrons. The average molecular weight is 296 g/mol. The van der Waals surface area contributed by atoms with Gasteiger partial charge in [0.15, 0.2) is 5.75 Å². The van der Waals surface area contributed by atoms with E-state index in [-0.39, 0.29) is 6.04 Å². The van der Waals surface area contributed by atoms with Crippen molar-refractivity contribution in [3.8, 4) is 5.75 Å². The first-order valence-electron chi connectivity index (χ1n) is 8.34. The van der Waals surface area contributed by atoms with Crippen LogP contribution in [0.1, 0.15) is 76.9 Å². The highest BCUT2D eigenvalue weighted by Crippen LogP contribution is 2.28. The van der Waals surface area contributed by atoms with Gasteiger partial charge >= 0.3 is 0 Å². The lowest BCUT2D eigenvalue weighted by Gasteiger charge is -2.18. The lowest BCUT2D eigenvalue weighted by Crippen LogP contribution is -2.30. The summed E-state index contributed by atoms with van der Waals surface area (Å²) in [5.41, 5.74) is 3.99. The highest BCUT2D eigenvalue weighted by atomic mass is 16.5. The highest BCUT2D eigenvalue weighted by Gasteiger charge is 2.20. The molecule has 0 radical (unpaired) electrons. The molecule has 0 aliphatic rings. The summed E-state index contributed by atoms with van der Waals surface area (Å²) >= 11 is 0. The molecule has 1 rings (SSSR count). The molecule has 0 saturated heterocycles. The zero-order valence-corrected chi connectivity index (χ0v) is 13.9. The Morgan fingerprint density at radius 3 is 2.43 bits per heavy atom. The monoisotopic (exact) mass is 296 g/mol. The second-order valence-electron chi connectivity index (χ2n) is 5.54. The van der Waals surface area contributed by atoms with Crippen LogP contribution in [0, 0.1) is 0 Å². The zero-order chi connectivity index (χ0) is 15.5. The first kappa shape index (κ1) is 18.0. The van der Waals surface area contributed by atoms with E-state index >= 15 is 0 Å². The topological polar surface area (TPSA) is 65.1 Å². The van der Waals surface area contributed by atoms with Crippen molar-refractivity contribution in [1.82, 2.24) is 15.2 Å². The van der Waals surface area contributed by atoms with Gasteiger partial charge in [-0.25, -0.2) is 0 Å². The van der Waals surface area contributed by atoms with E-state index in [1.807, 2.05) is 4.68 Å². The fourth-order valence-corrected chi connectivity index (χ4v) is 2.74. The lowest BCUT2D eigenvalue weighted by molar-refractivity contribution is 0.382. The number of methoxy groups -OCH3 is 1. The SMILES string of the molecule is CCCCCCCCCC(NN)c1c(OC)cnn1CC. The largest absolute Gasteiger partial charge is 0.493 e. The van der Waals surface area contributed by atoms with Gasteiger partial charge in [-0.3, -0.25) is 16.0 Å². The number of hydrogen-bond donors (Lipinski definition) is 2. The minimum Gasteiger partial charge on any atom is -0.493 e. The van der Waals surface area contributed by atoms with Crippen LogP contribution >= 0.6 is 0 Å². The fourth-order valence-electron chi connectivity index (χ4n) is 2.74. The number of nitrogens with zero attached hydrogens (tertiary/aromatic N) is 2. The molecule has 0 saturated carbocycles. The summed E-state index contributed by atoms with van der Waals surface area (Å²) in [6, 6.07) is 0.109. The Balaban J connectivity index is 2.42. The molecule has 0 bridgehead atoms. The molecule has 1 heterocycles. The maximum absolute atomic E-state index is 5.74. The quantitative estimate of drug-likeness (QED) is 0.352. The van der Waals surface area contributed by atoms with Gasteiger partial charge in [-0.1, -0.05) is 51.9 Å². The molecule has 0 aromatic carbocycles. The van der Waals surface area contributed by atoms with Gasteiger partial charge in [-0.15, -0.1) is 0 Å². The van der Waals surface area contributed by atoms with Gasteiger partial charge < -0.3 is 4.74 Å². The Morgan fingerprint density at radius 1 is 1.19 bits per heavy atom. The number of aryl methyl sites for hydroxylation is 1. The number of unbranched alkanes of at least 4 members (excludes halogenated alkanes) is 6. The molecule has 1 atom stereocenters. The molecular weight excluding hydrogens is 264 g/mol. The predicted octanol–water partition coefficient (Wildman–Crippen LogP) is 3.56. The standard InChI is InChI=1S/C16H32N4O/c1-4-6-7-8-9-10-11-12-14(19-17)16-15(21-3)13-18-20(16)5-2/h13-14,19H,4-12,17H2,1-3H3. The molecular formula is C16H32N4O. The van der Waals surface area contributed by atoms with Crippen molar-refractivity contribution in [1.29, 1.82) is 0 Å². The minimum atomic E-state index is 0.109. The van der Waals surface area contributed by atoms with Crippen LogP contribution in [0.25, 0.3) is 0 Å². The second kappa shape index (κ2) is 10.6. The summed E-state index contributed by atoms with van der Waals surface area (Å²) in [5.74, 6) is 6.57. The predicted molar refractivity (Wildman–Crippen MR) is 87.1 cm³/mol. The summed E-state index contributed by atoms with van der Waals surface area (Å²) in [4.78, 5) is 0.